The van der Waals surface area contributed by atoms with Crippen molar-refractivity contribution in [2.24, 2.45) is 0 Å². The van der Waals surface area contributed by atoms with Crippen molar-refractivity contribution in [3.8, 4) is 0 Å². The fraction of sp³-hybridized carbons (Fsp3) is 0.0833. The Kier molecular flexibility index (Phi) is 4.01. The van der Waals surface area contributed by atoms with Crippen LogP contribution < -0.4 is 4.72 Å². The van der Waals surface area contributed by atoms with Crippen molar-refractivity contribution in [3.63, 3.8) is 0 Å². The van der Waals surface area contributed by atoms with E-state index in [2.05, 4.69) is 14.7 Å². The highest BCUT2D eigenvalue weighted by Crippen LogP contribution is 2.16. The molecule has 0 unspecified atom stereocenters. The van der Waals surface area contributed by atoms with Gasteiger partial charge in [0.15, 0.2) is 5.78 Å². The molecular weight excluding hydrogens is 302 g/mol. The number of carbonyl (C=O) groups is 1. The number of carbonyl (C=O) groups excluding carboxylic acids is 1. The fourth-order valence-corrected chi connectivity index (χ4v) is 2.66. The van der Waals surface area contributed by atoms with E-state index < -0.39 is 10.0 Å². The summed E-state index contributed by atoms with van der Waals surface area (Å²) < 4.78 is 26.6. The second kappa shape index (κ2) is 5.56. The van der Waals surface area contributed by atoms with E-state index in [9.17, 15) is 13.2 Å². The number of sulfonamides is 1. The maximum atomic E-state index is 12.2. The first-order valence-electron chi connectivity index (χ1n) is 5.51. The third-order valence-corrected chi connectivity index (χ3v) is 3.95. The number of hydrogen-bond donors (Lipinski definition) is 1. The summed E-state index contributed by atoms with van der Waals surface area (Å²) in [6.07, 6.45) is 1.33. The van der Waals surface area contributed by atoms with Crippen molar-refractivity contribution in [2.45, 2.75) is 11.8 Å². The normalized spacial score (nSPS) is 11.1. The van der Waals surface area contributed by atoms with Crippen LogP contribution in [-0.4, -0.2) is 24.2 Å². The highest BCUT2D eigenvalue weighted by atomic mass is 35.5. The van der Waals surface area contributed by atoms with Crippen LogP contribution in [0.3, 0.4) is 0 Å². The standard InChI is InChI=1S/C12H10ClN3O3S/c1-8(17)9-3-2-4-10(7-9)20(18,19)16-11-5-6-14-12(13)15-11/h2-7H,1H3,(H,14,15,16). The van der Waals surface area contributed by atoms with E-state index in [4.69, 9.17) is 11.6 Å². The molecule has 2 aromatic rings. The van der Waals surface area contributed by atoms with Crippen LogP contribution in [0.15, 0.2) is 41.4 Å². The van der Waals surface area contributed by atoms with Gasteiger partial charge in [-0.3, -0.25) is 9.52 Å². The molecule has 0 bridgehead atoms. The average molecular weight is 312 g/mol. The van der Waals surface area contributed by atoms with Crippen molar-refractivity contribution in [2.75, 3.05) is 4.72 Å². The molecule has 0 amide bonds. The van der Waals surface area contributed by atoms with Crippen molar-refractivity contribution < 1.29 is 13.2 Å². The van der Waals surface area contributed by atoms with Gasteiger partial charge in [0.1, 0.15) is 5.82 Å². The topological polar surface area (TPSA) is 89.0 Å². The van der Waals surface area contributed by atoms with Gasteiger partial charge >= 0.3 is 0 Å². The van der Waals surface area contributed by atoms with E-state index in [1.165, 1.54) is 37.4 Å². The second-order valence-corrected chi connectivity index (χ2v) is 5.92. The minimum absolute atomic E-state index is 0.0278. The SMILES string of the molecule is CC(=O)c1cccc(S(=O)(=O)Nc2ccnc(Cl)n2)c1. The molecule has 1 aromatic heterocycles. The Morgan fingerprint density at radius 2 is 2.05 bits per heavy atom. The minimum Gasteiger partial charge on any atom is -0.295 e. The van der Waals surface area contributed by atoms with Crippen LogP contribution in [0.1, 0.15) is 17.3 Å². The zero-order chi connectivity index (χ0) is 14.8. The third kappa shape index (κ3) is 3.31. The monoisotopic (exact) mass is 311 g/mol. The van der Waals surface area contributed by atoms with Gasteiger partial charge in [0.25, 0.3) is 10.0 Å². The van der Waals surface area contributed by atoms with Crippen LogP contribution in [0.25, 0.3) is 0 Å². The molecule has 1 N–H and O–H groups in total. The number of nitrogens with one attached hydrogen (secondary N) is 1. The van der Waals surface area contributed by atoms with Crippen molar-refractivity contribution >= 4 is 33.2 Å². The third-order valence-electron chi connectivity index (χ3n) is 2.42. The number of nitrogens with zero attached hydrogens (tertiary/aromatic N) is 2. The van der Waals surface area contributed by atoms with E-state index in [-0.39, 0.29) is 21.8 Å². The Morgan fingerprint density at radius 1 is 1.30 bits per heavy atom. The van der Waals surface area contributed by atoms with Gasteiger partial charge in [0.2, 0.25) is 5.28 Å². The van der Waals surface area contributed by atoms with E-state index in [0.29, 0.717) is 5.56 Å². The van der Waals surface area contributed by atoms with Crippen molar-refractivity contribution in [1.29, 1.82) is 0 Å². The van der Waals surface area contributed by atoms with Gasteiger partial charge in [-0.15, -0.1) is 0 Å². The molecule has 1 aromatic carbocycles. The summed E-state index contributed by atoms with van der Waals surface area (Å²) in [6, 6.07) is 7.10. The van der Waals surface area contributed by atoms with Gasteiger partial charge in [0, 0.05) is 11.8 Å². The van der Waals surface area contributed by atoms with Crippen LogP contribution in [-0.2, 0) is 10.0 Å². The lowest BCUT2D eigenvalue weighted by Crippen LogP contribution is -2.14. The molecule has 0 fully saturated rings. The molecule has 0 aliphatic heterocycles. The summed E-state index contributed by atoms with van der Waals surface area (Å²) in [5.41, 5.74) is 0.314. The van der Waals surface area contributed by atoms with Gasteiger partial charge in [-0.25, -0.2) is 13.4 Å². The molecule has 104 valence electrons. The molecule has 6 nitrogen and oxygen atoms in total. The second-order valence-electron chi connectivity index (χ2n) is 3.90. The molecule has 0 aliphatic rings. The lowest BCUT2D eigenvalue weighted by Gasteiger charge is -2.08. The van der Waals surface area contributed by atoms with Gasteiger partial charge < -0.3 is 0 Å². The van der Waals surface area contributed by atoms with E-state index in [0.717, 1.165) is 0 Å². The summed E-state index contributed by atoms with van der Waals surface area (Å²) in [7, 11) is -3.84. The zero-order valence-corrected chi connectivity index (χ0v) is 11.9. The van der Waals surface area contributed by atoms with Gasteiger partial charge in [-0.2, -0.15) is 4.98 Å². The molecular formula is C12H10ClN3O3S. The Balaban J connectivity index is 2.35. The quantitative estimate of drug-likeness (QED) is 0.690. The van der Waals surface area contributed by atoms with Gasteiger partial charge in [-0.05, 0) is 36.7 Å². The van der Waals surface area contributed by atoms with Crippen LogP contribution in [0, 0.1) is 0 Å². The summed E-state index contributed by atoms with van der Waals surface area (Å²) in [5.74, 6) is -0.162. The number of Topliss-reactive ketones (excluding diaryl/α,β-unsaturated/α-hetero) is 1. The molecule has 0 radical (unpaired) electrons. The predicted molar refractivity (Wildman–Crippen MR) is 74.3 cm³/mol. The Labute approximate surface area is 120 Å². The first-order valence-corrected chi connectivity index (χ1v) is 7.37. The number of anilines is 1. The molecule has 1 heterocycles. The largest absolute Gasteiger partial charge is 0.295 e. The lowest BCUT2D eigenvalue weighted by atomic mass is 10.2. The maximum Gasteiger partial charge on any atom is 0.263 e. The number of hydrogen-bond acceptors (Lipinski definition) is 5. The molecule has 0 atom stereocenters. The van der Waals surface area contributed by atoms with Crippen molar-refractivity contribution in [3.05, 3.63) is 47.4 Å². The lowest BCUT2D eigenvalue weighted by molar-refractivity contribution is 0.101. The van der Waals surface area contributed by atoms with Crippen LogP contribution in [0.4, 0.5) is 5.82 Å². The number of ketones is 1. The van der Waals surface area contributed by atoms with Gasteiger partial charge in [-0.1, -0.05) is 12.1 Å². The highest BCUT2D eigenvalue weighted by Gasteiger charge is 2.16. The maximum absolute atomic E-state index is 12.2. The van der Waals surface area contributed by atoms with E-state index in [1.807, 2.05) is 0 Å². The van der Waals surface area contributed by atoms with Crippen LogP contribution in [0.2, 0.25) is 5.28 Å². The Bertz CT molecular complexity index is 762. The number of aromatic nitrogens is 2. The van der Waals surface area contributed by atoms with E-state index in [1.54, 1.807) is 6.07 Å². The first kappa shape index (κ1) is 14.4. The highest BCUT2D eigenvalue weighted by molar-refractivity contribution is 7.92. The summed E-state index contributed by atoms with van der Waals surface area (Å²) in [6.45, 7) is 1.36. The molecule has 0 spiro atoms. The van der Waals surface area contributed by atoms with E-state index >= 15 is 0 Å². The van der Waals surface area contributed by atoms with Crippen LogP contribution >= 0.6 is 11.6 Å². The Morgan fingerprint density at radius 3 is 2.70 bits per heavy atom. The smallest absolute Gasteiger partial charge is 0.263 e. The van der Waals surface area contributed by atoms with Gasteiger partial charge in [0.05, 0.1) is 4.90 Å². The number of benzene rings is 1. The number of halogens is 1. The van der Waals surface area contributed by atoms with Crippen molar-refractivity contribution in [1.82, 2.24) is 9.97 Å². The molecule has 8 heteroatoms. The zero-order valence-electron chi connectivity index (χ0n) is 10.4. The fourth-order valence-electron chi connectivity index (χ4n) is 1.47. The molecule has 0 saturated heterocycles. The molecule has 0 aliphatic carbocycles. The Hall–Kier alpha value is -1.99. The minimum atomic E-state index is -3.84. The predicted octanol–water partition coefficient (Wildman–Crippen LogP) is 2.13. The summed E-state index contributed by atoms with van der Waals surface area (Å²) >= 11 is 5.58. The summed E-state index contributed by atoms with van der Waals surface area (Å²) in [5, 5.41) is -0.0670. The summed E-state index contributed by atoms with van der Waals surface area (Å²) in [4.78, 5) is 18.6. The average Bonchev–Trinajstić information content (AvgIpc) is 2.38. The first-order chi connectivity index (χ1) is 9.38. The molecule has 20 heavy (non-hydrogen) atoms. The number of rotatable bonds is 4. The molecule has 0 saturated carbocycles. The molecule has 2 rings (SSSR count). The van der Waals surface area contributed by atoms with Crippen LogP contribution in [0.5, 0.6) is 0 Å².